The lowest BCUT2D eigenvalue weighted by molar-refractivity contribution is -0.114. The van der Waals surface area contributed by atoms with E-state index in [0.29, 0.717) is 5.69 Å². The number of hydrogen-bond donors (Lipinski definition) is 3. The third-order valence-corrected chi connectivity index (χ3v) is 2.88. The van der Waals surface area contributed by atoms with Gasteiger partial charge in [0.25, 0.3) is 0 Å². The minimum absolute atomic E-state index is 0.114. The van der Waals surface area contributed by atoms with E-state index in [0.717, 1.165) is 31.9 Å². The molecule has 0 aromatic heterocycles. The molecule has 0 bridgehead atoms. The first-order valence-corrected chi connectivity index (χ1v) is 5.96. The second-order valence-corrected chi connectivity index (χ2v) is 4.15. The lowest BCUT2D eigenvalue weighted by Crippen LogP contribution is -2.43. The Bertz CT molecular complexity index is 432. The minimum Gasteiger partial charge on any atom is -0.367 e. The summed E-state index contributed by atoms with van der Waals surface area (Å²) in [7, 11) is 0. The molecule has 4 N–H and O–H groups in total. The molecule has 0 saturated carbocycles. The Balaban J connectivity index is 2.24. The molecule has 0 unspecified atom stereocenters. The number of amides is 1. The van der Waals surface area contributed by atoms with Crippen LogP contribution in [0, 0.1) is 5.82 Å². The standard InChI is InChI=1S/C12H17FN4O/c13-9-1-2-11(17-5-3-15-4-6-17)10(7-9)16-12(18)8-14/h1-2,7,15H,3-6,8,14H2,(H,16,18). The summed E-state index contributed by atoms with van der Waals surface area (Å²) in [6, 6.07) is 4.41. The lowest BCUT2D eigenvalue weighted by Gasteiger charge is -2.31. The van der Waals surface area contributed by atoms with E-state index in [1.54, 1.807) is 6.07 Å². The van der Waals surface area contributed by atoms with Crippen LogP contribution < -0.4 is 21.3 Å². The van der Waals surface area contributed by atoms with Gasteiger partial charge in [-0.2, -0.15) is 0 Å². The number of benzene rings is 1. The molecule has 0 spiro atoms. The molecule has 1 saturated heterocycles. The molecule has 0 aliphatic carbocycles. The molecular weight excluding hydrogens is 235 g/mol. The van der Waals surface area contributed by atoms with E-state index >= 15 is 0 Å². The van der Waals surface area contributed by atoms with Gasteiger partial charge in [-0.3, -0.25) is 4.79 Å². The fourth-order valence-electron chi connectivity index (χ4n) is 1.99. The summed E-state index contributed by atoms with van der Waals surface area (Å²) in [5.74, 6) is -0.696. The maximum Gasteiger partial charge on any atom is 0.238 e. The second kappa shape index (κ2) is 5.79. The van der Waals surface area contributed by atoms with Gasteiger partial charge in [0.2, 0.25) is 5.91 Å². The maximum atomic E-state index is 13.3. The third kappa shape index (κ3) is 2.96. The Hall–Kier alpha value is -1.66. The van der Waals surface area contributed by atoms with Crippen molar-refractivity contribution in [3.63, 3.8) is 0 Å². The Labute approximate surface area is 105 Å². The van der Waals surface area contributed by atoms with Crippen LogP contribution in [0.25, 0.3) is 0 Å². The fourth-order valence-corrected chi connectivity index (χ4v) is 1.99. The van der Waals surface area contributed by atoms with Crippen LogP contribution in [0.2, 0.25) is 0 Å². The molecule has 6 heteroatoms. The molecule has 1 aliphatic rings. The Morgan fingerprint density at radius 3 is 2.83 bits per heavy atom. The van der Waals surface area contributed by atoms with Crippen LogP contribution in [0.1, 0.15) is 0 Å². The van der Waals surface area contributed by atoms with E-state index in [2.05, 4.69) is 15.5 Å². The van der Waals surface area contributed by atoms with E-state index in [1.165, 1.54) is 12.1 Å². The first kappa shape index (κ1) is 12.8. The first-order valence-electron chi connectivity index (χ1n) is 5.96. The highest BCUT2D eigenvalue weighted by Gasteiger charge is 2.15. The number of carbonyl (C=O) groups is 1. The highest BCUT2D eigenvalue weighted by Crippen LogP contribution is 2.27. The molecule has 1 aliphatic heterocycles. The molecule has 1 aromatic rings. The number of piperazine rings is 1. The zero-order chi connectivity index (χ0) is 13.0. The molecule has 1 heterocycles. The summed E-state index contributed by atoms with van der Waals surface area (Å²) in [6.45, 7) is 3.30. The summed E-state index contributed by atoms with van der Waals surface area (Å²) in [5.41, 5.74) is 6.57. The van der Waals surface area contributed by atoms with Gasteiger partial charge in [0, 0.05) is 26.2 Å². The SMILES string of the molecule is NCC(=O)Nc1cc(F)ccc1N1CCNCC1. The number of carbonyl (C=O) groups excluding carboxylic acids is 1. The number of rotatable bonds is 3. The van der Waals surface area contributed by atoms with Crippen molar-refractivity contribution in [3.05, 3.63) is 24.0 Å². The van der Waals surface area contributed by atoms with Crippen LogP contribution in [0.5, 0.6) is 0 Å². The molecule has 0 radical (unpaired) electrons. The van der Waals surface area contributed by atoms with E-state index in [1.807, 2.05) is 0 Å². The van der Waals surface area contributed by atoms with Crippen molar-refractivity contribution in [1.82, 2.24) is 5.32 Å². The highest BCUT2D eigenvalue weighted by molar-refractivity contribution is 5.95. The van der Waals surface area contributed by atoms with Gasteiger partial charge in [0.1, 0.15) is 5.82 Å². The van der Waals surface area contributed by atoms with Crippen molar-refractivity contribution in [2.45, 2.75) is 0 Å². The zero-order valence-corrected chi connectivity index (χ0v) is 10.1. The smallest absolute Gasteiger partial charge is 0.238 e. The number of nitrogens with two attached hydrogens (primary N) is 1. The van der Waals surface area contributed by atoms with Gasteiger partial charge in [-0.1, -0.05) is 0 Å². The van der Waals surface area contributed by atoms with E-state index in [9.17, 15) is 9.18 Å². The van der Waals surface area contributed by atoms with Crippen molar-refractivity contribution < 1.29 is 9.18 Å². The number of nitrogens with zero attached hydrogens (tertiary/aromatic N) is 1. The van der Waals surface area contributed by atoms with Gasteiger partial charge in [0.05, 0.1) is 17.9 Å². The largest absolute Gasteiger partial charge is 0.367 e. The van der Waals surface area contributed by atoms with E-state index in [4.69, 9.17) is 5.73 Å². The highest BCUT2D eigenvalue weighted by atomic mass is 19.1. The van der Waals surface area contributed by atoms with Crippen LogP contribution in [-0.4, -0.2) is 38.6 Å². The summed E-state index contributed by atoms with van der Waals surface area (Å²) in [6.07, 6.45) is 0. The van der Waals surface area contributed by atoms with Crippen molar-refractivity contribution >= 4 is 17.3 Å². The fraction of sp³-hybridized carbons (Fsp3) is 0.417. The average Bonchev–Trinajstić information content (AvgIpc) is 2.40. The van der Waals surface area contributed by atoms with Gasteiger partial charge in [-0.25, -0.2) is 4.39 Å². The Kier molecular flexibility index (Phi) is 4.11. The predicted molar refractivity (Wildman–Crippen MR) is 69.2 cm³/mol. The molecule has 18 heavy (non-hydrogen) atoms. The summed E-state index contributed by atoms with van der Waals surface area (Å²) < 4.78 is 13.3. The lowest BCUT2D eigenvalue weighted by atomic mass is 10.2. The van der Waals surface area contributed by atoms with Gasteiger partial charge in [-0.15, -0.1) is 0 Å². The normalized spacial score (nSPS) is 15.6. The third-order valence-electron chi connectivity index (χ3n) is 2.88. The molecule has 2 rings (SSSR count). The predicted octanol–water partition coefficient (Wildman–Crippen LogP) is 0.132. The Morgan fingerprint density at radius 2 is 2.17 bits per heavy atom. The topological polar surface area (TPSA) is 70.4 Å². The molecule has 0 atom stereocenters. The van der Waals surface area contributed by atoms with Crippen molar-refractivity contribution in [1.29, 1.82) is 0 Å². The molecule has 1 fully saturated rings. The van der Waals surface area contributed by atoms with Gasteiger partial charge >= 0.3 is 0 Å². The van der Waals surface area contributed by atoms with E-state index in [-0.39, 0.29) is 18.3 Å². The van der Waals surface area contributed by atoms with Crippen LogP contribution in [0.3, 0.4) is 0 Å². The number of hydrogen-bond acceptors (Lipinski definition) is 4. The number of halogens is 1. The van der Waals surface area contributed by atoms with Gasteiger partial charge in [-0.05, 0) is 18.2 Å². The van der Waals surface area contributed by atoms with Crippen LogP contribution in [-0.2, 0) is 4.79 Å². The quantitative estimate of drug-likeness (QED) is 0.715. The molecule has 1 aromatic carbocycles. The zero-order valence-electron chi connectivity index (χ0n) is 10.1. The average molecular weight is 252 g/mol. The maximum absolute atomic E-state index is 13.3. The van der Waals surface area contributed by atoms with Crippen molar-refractivity contribution in [3.8, 4) is 0 Å². The molecule has 5 nitrogen and oxygen atoms in total. The Morgan fingerprint density at radius 1 is 1.44 bits per heavy atom. The summed E-state index contributed by atoms with van der Waals surface area (Å²) in [5, 5.41) is 5.88. The van der Waals surface area contributed by atoms with Crippen LogP contribution in [0.4, 0.5) is 15.8 Å². The minimum atomic E-state index is -0.374. The molecule has 1 amide bonds. The molecule has 98 valence electrons. The number of anilines is 2. The van der Waals surface area contributed by atoms with E-state index < -0.39 is 0 Å². The molecular formula is C12H17FN4O. The number of nitrogens with one attached hydrogen (secondary N) is 2. The van der Waals surface area contributed by atoms with Crippen molar-refractivity contribution in [2.24, 2.45) is 5.73 Å². The van der Waals surface area contributed by atoms with Crippen molar-refractivity contribution in [2.75, 3.05) is 42.9 Å². The first-order chi connectivity index (χ1) is 8.70. The van der Waals surface area contributed by atoms with Crippen LogP contribution >= 0.6 is 0 Å². The monoisotopic (exact) mass is 252 g/mol. The second-order valence-electron chi connectivity index (χ2n) is 4.15. The van der Waals surface area contributed by atoms with Gasteiger partial charge < -0.3 is 21.3 Å². The van der Waals surface area contributed by atoms with Crippen LogP contribution in [0.15, 0.2) is 18.2 Å². The summed E-state index contributed by atoms with van der Waals surface area (Å²) >= 11 is 0. The van der Waals surface area contributed by atoms with Gasteiger partial charge in [0.15, 0.2) is 0 Å². The summed E-state index contributed by atoms with van der Waals surface area (Å²) in [4.78, 5) is 13.5.